The van der Waals surface area contributed by atoms with E-state index in [1.165, 1.54) is 44.9 Å². The van der Waals surface area contributed by atoms with E-state index in [0.717, 1.165) is 12.8 Å². The molecule has 0 aromatic carbocycles. The standard InChI is InChI=1S/C22H46O2/c1-10-13-14-15-16-17-18-19(20(4,5)11-2)22(23-8,24-9)21(6,7)12-3/h19H,10-18H2,1-9H3. The summed E-state index contributed by atoms with van der Waals surface area (Å²) in [5.74, 6) is -0.129. The highest BCUT2D eigenvalue weighted by molar-refractivity contribution is 4.97. The van der Waals surface area contributed by atoms with Gasteiger partial charge in [0.1, 0.15) is 0 Å². The van der Waals surface area contributed by atoms with Crippen molar-refractivity contribution in [2.75, 3.05) is 14.2 Å². The van der Waals surface area contributed by atoms with Crippen LogP contribution in [0.4, 0.5) is 0 Å². The van der Waals surface area contributed by atoms with Crippen LogP contribution in [0.5, 0.6) is 0 Å². The summed E-state index contributed by atoms with van der Waals surface area (Å²) in [6, 6.07) is 0. The molecule has 0 rings (SSSR count). The Bertz CT molecular complexity index is 316. The van der Waals surface area contributed by atoms with Crippen LogP contribution in [-0.2, 0) is 9.47 Å². The van der Waals surface area contributed by atoms with E-state index < -0.39 is 5.79 Å². The molecule has 24 heavy (non-hydrogen) atoms. The Labute approximate surface area is 153 Å². The number of hydrogen-bond acceptors (Lipinski definition) is 2. The van der Waals surface area contributed by atoms with Gasteiger partial charge in [-0.15, -0.1) is 0 Å². The third-order valence-corrected chi connectivity index (χ3v) is 6.59. The molecule has 0 radical (unpaired) electrons. The molecule has 0 amide bonds. The minimum atomic E-state index is -0.523. The van der Waals surface area contributed by atoms with Crippen LogP contribution in [0, 0.1) is 16.7 Å². The molecule has 0 aliphatic heterocycles. The van der Waals surface area contributed by atoms with Gasteiger partial charge in [-0.2, -0.15) is 0 Å². The van der Waals surface area contributed by atoms with E-state index in [-0.39, 0.29) is 10.8 Å². The van der Waals surface area contributed by atoms with Crippen molar-refractivity contribution in [3.8, 4) is 0 Å². The predicted octanol–water partition coefficient (Wildman–Crippen LogP) is 7.21. The van der Waals surface area contributed by atoms with Crippen LogP contribution in [0.25, 0.3) is 0 Å². The lowest BCUT2D eigenvalue weighted by atomic mass is 9.62. The Kier molecular flexibility index (Phi) is 10.8. The van der Waals surface area contributed by atoms with E-state index in [9.17, 15) is 0 Å². The van der Waals surface area contributed by atoms with E-state index in [1.807, 2.05) is 14.2 Å². The zero-order valence-corrected chi connectivity index (χ0v) is 18.3. The Balaban J connectivity index is 5.29. The van der Waals surface area contributed by atoms with Gasteiger partial charge < -0.3 is 9.47 Å². The zero-order chi connectivity index (χ0) is 18.9. The molecule has 0 aliphatic rings. The molecule has 2 nitrogen and oxygen atoms in total. The van der Waals surface area contributed by atoms with Crippen LogP contribution < -0.4 is 0 Å². The zero-order valence-electron chi connectivity index (χ0n) is 18.3. The highest BCUT2D eigenvalue weighted by Crippen LogP contribution is 2.52. The molecule has 0 fully saturated rings. The molecule has 0 aromatic heterocycles. The first-order valence-corrected chi connectivity index (χ1v) is 10.3. The normalized spacial score (nSPS) is 14.9. The molecule has 0 heterocycles. The molecule has 2 heteroatoms. The van der Waals surface area contributed by atoms with E-state index in [2.05, 4.69) is 48.5 Å². The second kappa shape index (κ2) is 10.8. The van der Waals surface area contributed by atoms with Crippen molar-refractivity contribution in [3.63, 3.8) is 0 Å². The quantitative estimate of drug-likeness (QED) is 0.245. The molecule has 0 bridgehead atoms. The number of hydrogen-bond donors (Lipinski definition) is 0. The Morgan fingerprint density at radius 2 is 1.21 bits per heavy atom. The summed E-state index contributed by atoms with van der Waals surface area (Å²) in [6.45, 7) is 16.2. The van der Waals surface area contributed by atoms with Gasteiger partial charge in [-0.05, 0) is 18.3 Å². The van der Waals surface area contributed by atoms with Crippen LogP contribution in [0.15, 0.2) is 0 Å². The van der Waals surface area contributed by atoms with Crippen LogP contribution in [-0.4, -0.2) is 20.0 Å². The predicted molar refractivity (Wildman–Crippen MR) is 106 cm³/mol. The Hall–Kier alpha value is -0.0800. The maximum atomic E-state index is 6.17. The highest BCUT2D eigenvalue weighted by atomic mass is 16.7. The molecule has 0 N–H and O–H groups in total. The van der Waals surface area contributed by atoms with E-state index in [1.54, 1.807) is 0 Å². The maximum absolute atomic E-state index is 6.17. The average molecular weight is 343 g/mol. The van der Waals surface area contributed by atoms with Crippen molar-refractivity contribution in [1.82, 2.24) is 0 Å². The van der Waals surface area contributed by atoms with Gasteiger partial charge in [0.2, 0.25) is 0 Å². The molecular formula is C22H46O2. The lowest BCUT2D eigenvalue weighted by molar-refractivity contribution is -0.316. The lowest BCUT2D eigenvalue weighted by Crippen LogP contribution is -2.57. The Morgan fingerprint density at radius 1 is 0.708 bits per heavy atom. The van der Waals surface area contributed by atoms with Crippen LogP contribution in [0.1, 0.15) is 106 Å². The van der Waals surface area contributed by atoms with Gasteiger partial charge in [0.25, 0.3) is 0 Å². The number of ether oxygens (including phenoxy) is 2. The van der Waals surface area contributed by atoms with Gasteiger partial charge in [0, 0.05) is 25.6 Å². The molecular weight excluding hydrogens is 296 g/mol. The summed E-state index contributed by atoms with van der Waals surface area (Å²) in [6.07, 6.45) is 11.4. The average Bonchev–Trinajstić information content (AvgIpc) is 2.57. The summed E-state index contributed by atoms with van der Waals surface area (Å²) >= 11 is 0. The topological polar surface area (TPSA) is 18.5 Å². The van der Waals surface area contributed by atoms with Crippen molar-refractivity contribution in [2.45, 2.75) is 112 Å². The third kappa shape index (κ3) is 5.73. The van der Waals surface area contributed by atoms with Crippen LogP contribution >= 0.6 is 0 Å². The van der Waals surface area contributed by atoms with Gasteiger partial charge in [0.15, 0.2) is 5.79 Å². The fourth-order valence-corrected chi connectivity index (χ4v) is 4.11. The minimum absolute atomic E-state index is 0.0180. The molecule has 0 aromatic rings. The molecule has 0 saturated heterocycles. The fraction of sp³-hybridized carbons (Fsp3) is 1.00. The van der Waals surface area contributed by atoms with E-state index >= 15 is 0 Å². The van der Waals surface area contributed by atoms with E-state index in [0.29, 0.717) is 5.92 Å². The third-order valence-electron chi connectivity index (χ3n) is 6.59. The summed E-state index contributed by atoms with van der Waals surface area (Å²) in [4.78, 5) is 0. The highest BCUT2D eigenvalue weighted by Gasteiger charge is 2.54. The molecule has 1 atom stereocenters. The summed E-state index contributed by atoms with van der Waals surface area (Å²) < 4.78 is 12.3. The number of rotatable bonds is 14. The maximum Gasteiger partial charge on any atom is 0.175 e. The van der Waals surface area contributed by atoms with Crippen molar-refractivity contribution in [2.24, 2.45) is 16.7 Å². The molecule has 0 saturated carbocycles. The first-order valence-electron chi connectivity index (χ1n) is 10.3. The Morgan fingerprint density at radius 3 is 1.62 bits per heavy atom. The monoisotopic (exact) mass is 342 g/mol. The number of methoxy groups -OCH3 is 2. The molecule has 146 valence electrons. The van der Waals surface area contributed by atoms with Crippen molar-refractivity contribution < 1.29 is 9.47 Å². The van der Waals surface area contributed by atoms with Gasteiger partial charge in [-0.25, -0.2) is 0 Å². The second-order valence-corrected chi connectivity index (χ2v) is 8.76. The van der Waals surface area contributed by atoms with Crippen molar-refractivity contribution >= 4 is 0 Å². The van der Waals surface area contributed by atoms with Gasteiger partial charge in [0.05, 0.1) is 0 Å². The summed E-state index contributed by atoms with van der Waals surface area (Å²) in [5, 5.41) is 0. The first kappa shape index (κ1) is 23.9. The second-order valence-electron chi connectivity index (χ2n) is 8.76. The van der Waals surface area contributed by atoms with E-state index in [4.69, 9.17) is 9.47 Å². The van der Waals surface area contributed by atoms with Gasteiger partial charge in [-0.3, -0.25) is 0 Å². The molecule has 0 aliphatic carbocycles. The summed E-state index contributed by atoms with van der Waals surface area (Å²) in [5.41, 5.74) is 0.178. The van der Waals surface area contributed by atoms with Crippen molar-refractivity contribution in [1.29, 1.82) is 0 Å². The smallest absolute Gasteiger partial charge is 0.175 e. The SMILES string of the molecule is CCCCCCCCC(C(C)(C)CC)C(OC)(OC)C(C)(C)CC. The first-order chi connectivity index (χ1) is 11.2. The largest absolute Gasteiger partial charge is 0.352 e. The van der Waals surface area contributed by atoms with Gasteiger partial charge in [-0.1, -0.05) is 93.4 Å². The fourth-order valence-electron chi connectivity index (χ4n) is 4.11. The van der Waals surface area contributed by atoms with Crippen LogP contribution in [0.2, 0.25) is 0 Å². The minimum Gasteiger partial charge on any atom is -0.352 e. The van der Waals surface area contributed by atoms with Crippen molar-refractivity contribution in [3.05, 3.63) is 0 Å². The molecule has 0 spiro atoms. The lowest BCUT2D eigenvalue weighted by Gasteiger charge is -2.54. The van der Waals surface area contributed by atoms with Gasteiger partial charge >= 0.3 is 0 Å². The van der Waals surface area contributed by atoms with Crippen LogP contribution in [0.3, 0.4) is 0 Å². The molecule has 1 unspecified atom stereocenters. The number of unbranched alkanes of at least 4 members (excludes halogenated alkanes) is 5. The summed E-state index contributed by atoms with van der Waals surface area (Å²) in [7, 11) is 3.67.